The van der Waals surface area contributed by atoms with Gasteiger partial charge in [0.15, 0.2) is 0 Å². The normalized spacial score (nSPS) is 11.3. The number of hydrogen-bond acceptors (Lipinski definition) is 1. The zero-order chi connectivity index (χ0) is 12.3. The summed E-state index contributed by atoms with van der Waals surface area (Å²) in [5, 5.41) is 2.87. The summed E-state index contributed by atoms with van der Waals surface area (Å²) in [7, 11) is 0. The second kappa shape index (κ2) is 4.83. The Morgan fingerprint density at radius 3 is 2.56 bits per heavy atom. The van der Waals surface area contributed by atoms with Crippen molar-refractivity contribution in [3.05, 3.63) is 29.0 Å². The van der Waals surface area contributed by atoms with Gasteiger partial charge in [-0.05, 0) is 23.6 Å². The minimum absolute atomic E-state index is 0.0867. The largest absolute Gasteiger partial charge is 0.325 e. The molecule has 0 fully saturated rings. The molecule has 0 unspecified atom stereocenters. The molecule has 1 amide bonds. The summed E-state index contributed by atoms with van der Waals surface area (Å²) >= 11 is 5.79. The SMILES string of the molecule is CC(C)(C)CC(=O)Nc1ccc(F)cc1Cl. The first kappa shape index (κ1) is 13.0. The number of rotatable bonds is 2. The van der Waals surface area contributed by atoms with Gasteiger partial charge in [-0.25, -0.2) is 4.39 Å². The number of benzene rings is 1. The molecule has 1 aromatic rings. The van der Waals surface area contributed by atoms with Gasteiger partial charge in [0.1, 0.15) is 5.82 Å². The molecule has 0 aromatic heterocycles. The molecule has 0 saturated carbocycles. The van der Waals surface area contributed by atoms with Gasteiger partial charge in [0.25, 0.3) is 0 Å². The van der Waals surface area contributed by atoms with Crippen LogP contribution in [0.4, 0.5) is 10.1 Å². The van der Waals surface area contributed by atoms with Crippen molar-refractivity contribution >= 4 is 23.2 Å². The van der Waals surface area contributed by atoms with Crippen molar-refractivity contribution in [2.24, 2.45) is 5.41 Å². The van der Waals surface area contributed by atoms with E-state index >= 15 is 0 Å². The Kier molecular flexibility index (Phi) is 3.92. The fourth-order valence-corrected chi connectivity index (χ4v) is 1.48. The summed E-state index contributed by atoms with van der Waals surface area (Å²) in [6, 6.07) is 3.89. The Morgan fingerprint density at radius 1 is 1.44 bits per heavy atom. The lowest BCUT2D eigenvalue weighted by Crippen LogP contribution is -2.19. The predicted octanol–water partition coefficient (Wildman–Crippen LogP) is 3.85. The third-order valence-corrected chi connectivity index (χ3v) is 2.21. The molecule has 88 valence electrons. The molecule has 0 bridgehead atoms. The summed E-state index contributed by atoms with van der Waals surface area (Å²) < 4.78 is 12.8. The van der Waals surface area contributed by atoms with Crippen LogP contribution in [0.2, 0.25) is 5.02 Å². The molecule has 2 nitrogen and oxygen atoms in total. The molecule has 0 atom stereocenters. The Labute approximate surface area is 99.8 Å². The molecule has 0 aliphatic rings. The quantitative estimate of drug-likeness (QED) is 0.840. The minimum atomic E-state index is -0.418. The maximum Gasteiger partial charge on any atom is 0.224 e. The first-order valence-electron chi connectivity index (χ1n) is 5.03. The average molecular weight is 244 g/mol. The van der Waals surface area contributed by atoms with Gasteiger partial charge in [0.05, 0.1) is 10.7 Å². The monoisotopic (exact) mass is 243 g/mol. The Bertz CT molecular complexity index is 398. The highest BCUT2D eigenvalue weighted by Crippen LogP contribution is 2.24. The van der Waals surface area contributed by atoms with E-state index < -0.39 is 5.82 Å². The molecule has 4 heteroatoms. The lowest BCUT2D eigenvalue weighted by atomic mass is 9.92. The third kappa shape index (κ3) is 4.19. The smallest absolute Gasteiger partial charge is 0.224 e. The lowest BCUT2D eigenvalue weighted by molar-refractivity contribution is -0.117. The molecule has 0 spiro atoms. The van der Waals surface area contributed by atoms with Gasteiger partial charge in [-0.15, -0.1) is 0 Å². The molecular weight excluding hydrogens is 229 g/mol. The lowest BCUT2D eigenvalue weighted by Gasteiger charge is -2.17. The van der Waals surface area contributed by atoms with Gasteiger partial charge in [-0.2, -0.15) is 0 Å². The molecule has 16 heavy (non-hydrogen) atoms. The second-order valence-electron chi connectivity index (χ2n) is 4.91. The van der Waals surface area contributed by atoms with E-state index in [-0.39, 0.29) is 16.3 Å². The maximum atomic E-state index is 12.8. The van der Waals surface area contributed by atoms with E-state index in [1.54, 1.807) is 0 Å². The van der Waals surface area contributed by atoms with Crippen molar-refractivity contribution < 1.29 is 9.18 Å². The van der Waals surface area contributed by atoms with E-state index in [0.717, 1.165) is 0 Å². The molecule has 0 heterocycles. The standard InChI is InChI=1S/C12H15ClFNO/c1-12(2,3)7-11(16)15-10-5-4-8(14)6-9(10)13/h4-6H,7H2,1-3H3,(H,15,16). The summed E-state index contributed by atoms with van der Waals surface area (Å²) in [5.74, 6) is -0.542. The fraction of sp³-hybridized carbons (Fsp3) is 0.417. The number of carbonyl (C=O) groups is 1. The second-order valence-corrected chi connectivity index (χ2v) is 5.32. The Morgan fingerprint density at radius 2 is 2.06 bits per heavy atom. The van der Waals surface area contributed by atoms with Crippen molar-refractivity contribution in [2.75, 3.05) is 5.32 Å². The molecule has 1 aromatic carbocycles. The molecular formula is C12H15ClFNO. The van der Waals surface area contributed by atoms with Gasteiger partial charge in [0, 0.05) is 6.42 Å². The van der Waals surface area contributed by atoms with E-state index in [0.29, 0.717) is 12.1 Å². The van der Waals surface area contributed by atoms with Crippen LogP contribution >= 0.6 is 11.6 Å². The first-order chi connectivity index (χ1) is 7.28. The third-order valence-electron chi connectivity index (χ3n) is 1.90. The van der Waals surface area contributed by atoms with Gasteiger partial charge < -0.3 is 5.32 Å². The average Bonchev–Trinajstić information content (AvgIpc) is 2.06. The Balaban J connectivity index is 2.70. The Hall–Kier alpha value is -1.09. The first-order valence-corrected chi connectivity index (χ1v) is 5.41. The summed E-state index contributed by atoms with van der Waals surface area (Å²) in [5.41, 5.74) is 0.355. The van der Waals surface area contributed by atoms with Crippen LogP contribution in [0.1, 0.15) is 27.2 Å². The van der Waals surface area contributed by atoms with Crippen LogP contribution in [-0.2, 0) is 4.79 Å². The van der Waals surface area contributed by atoms with E-state index in [9.17, 15) is 9.18 Å². The van der Waals surface area contributed by atoms with Crippen LogP contribution in [0.5, 0.6) is 0 Å². The van der Waals surface area contributed by atoms with Crippen molar-refractivity contribution in [2.45, 2.75) is 27.2 Å². The van der Waals surface area contributed by atoms with E-state index in [4.69, 9.17) is 11.6 Å². The number of carbonyl (C=O) groups excluding carboxylic acids is 1. The number of anilines is 1. The van der Waals surface area contributed by atoms with Crippen LogP contribution in [0.15, 0.2) is 18.2 Å². The molecule has 1 rings (SSSR count). The summed E-state index contributed by atoms with van der Waals surface area (Å²) in [4.78, 5) is 11.6. The van der Waals surface area contributed by atoms with Crippen molar-refractivity contribution in [1.29, 1.82) is 0 Å². The zero-order valence-electron chi connectivity index (χ0n) is 9.60. The van der Waals surface area contributed by atoms with Gasteiger partial charge in [0.2, 0.25) is 5.91 Å². The van der Waals surface area contributed by atoms with Crippen LogP contribution in [0, 0.1) is 11.2 Å². The van der Waals surface area contributed by atoms with Gasteiger partial charge >= 0.3 is 0 Å². The van der Waals surface area contributed by atoms with Crippen LogP contribution in [-0.4, -0.2) is 5.91 Å². The van der Waals surface area contributed by atoms with E-state index in [2.05, 4.69) is 5.32 Å². The number of hydrogen-bond donors (Lipinski definition) is 1. The van der Waals surface area contributed by atoms with Gasteiger partial charge in [-0.3, -0.25) is 4.79 Å². The molecule has 1 N–H and O–H groups in total. The van der Waals surface area contributed by atoms with Crippen LogP contribution < -0.4 is 5.32 Å². The molecule has 0 radical (unpaired) electrons. The van der Waals surface area contributed by atoms with Crippen molar-refractivity contribution in [3.63, 3.8) is 0 Å². The predicted molar refractivity (Wildman–Crippen MR) is 64.1 cm³/mol. The molecule has 0 saturated heterocycles. The van der Waals surface area contributed by atoms with E-state index in [1.807, 2.05) is 20.8 Å². The minimum Gasteiger partial charge on any atom is -0.325 e. The van der Waals surface area contributed by atoms with Crippen LogP contribution in [0.25, 0.3) is 0 Å². The maximum absolute atomic E-state index is 12.8. The topological polar surface area (TPSA) is 29.1 Å². The van der Waals surface area contributed by atoms with Crippen molar-refractivity contribution in [1.82, 2.24) is 0 Å². The highest BCUT2D eigenvalue weighted by Gasteiger charge is 2.16. The van der Waals surface area contributed by atoms with Gasteiger partial charge in [-0.1, -0.05) is 32.4 Å². The number of amides is 1. The highest BCUT2D eigenvalue weighted by molar-refractivity contribution is 6.33. The van der Waals surface area contributed by atoms with E-state index in [1.165, 1.54) is 18.2 Å². The number of halogens is 2. The summed E-state index contributed by atoms with van der Waals surface area (Å²) in [6.45, 7) is 5.91. The molecule has 0 aliphatic heterocycles. The number of nitrogens with one attached hydrogen (secondary N) is 1. The molecule has 0 aliphatic carbocycles. The fourth-order valence-electron chi connectivity index (χ4n) is 1.27. The van der Waals surface area contributed by atoms with Crippen molar-refractivity contribution in [3.8, 4) is 0 Å². The highest BCUT2D eigenvalue weighted by atomic mass is 35.5. The zero-order valence-corrected chi connectivity index (χ0v) is 10.4. The van der Waals surface area contributed by atoms with Crippen LogP contribution in [0.3, 0.4) is 0 Å². The summed E-state index contributed by atoms with van der Waals surface area (Å²) in [6.07, 6.45) is 0.390.